The number of rotatable bonds is 6. The van der Waals surface area contributed by atoms with E-state index in [9.17, 15) is 4.79 Å². The molecule has 2 aromatic carbocycles. The normalized spacial score (nSPS) is 18.3. The molecule has 3 rings (SSSR count). The van der Waals surface area contributed by atoms with Crippen LogP contribution < -0.4 is 5.32 Å². The van der Waals surface area contributed by atoms with Crippen molar-refractivity contribution in [3.8, 4) is 0 Å². The number of carbonyl (C=O) groups excluding carboxylic acids is 1. The van der Waals surface area contributed by atoms with E-state index in [0.717, 1.165) is 32.4 Å². The van der Waals surface area contributed by atoms with Crippen LogP contribution in [0.4, 0.5) is 4.79 Å². The Balaban J connectivity index is 0.000000941. The van der Waals surface area contributed by atoms with Gasteiger partial charge in [-0.1, -0.05) is 72.9 Å². The predicted molar refractivity (Wildman–Crippen MR) is 132 cm³/mol. The van der Waals surface area contributed by atoms with E-state index in [1.54, 1.807) is 3.37 Å². The van der Waals surface area contributed by atoms with Crippen molar-refractivity contribution in [2.24, 2.45) is 0 Å². The average Bonchev–Trinajstić information content (AvgIpc) is 2.75. The zero-order valence-corrected chi connectivity index (χ0v) is 19.8. The second-order valence-corrected chi connectivity index (χ2v) is 8.62. The molecule has 0 unspecified atom stereocenters. The fraction of sp³-hybridized carbons (Fsp3) is 0.391. The molecule has 4 nitrogen and oxygen atoms in total. The summed E-state index contributed by atoms with van der Waals surface area (Å²) < 4.78 is 6.83. The van der Waals surface area contributed by atoms with Gasteiger partial charge >= 0.3 is 6.09 Å². The highest BCUT2D eigenvalue weighted by molar-refractivity contribution is 14.1. The Labute approximate surface area is 193 Å². The number of likely N-dealkylation sites (tertiary alicyclic amines) is 1. The molecule has 0 spiro atoms. The number of hydrogen-bond donors (Lipinski definition) is 1. The van der Waals surface area contributed by atoms with Gasteiger partial charge < -0.3 is 15.0 Å². The van der Waals surface area contributed by atoms with E-state index in [0.29, 0.717) is 12.6 Å². The quantitative estimate of drug-likeness (QED) is 0.313. The van der Waals surface area contributed by atoms with Crippen LogP contribution in [0.25, 0.3) is 0 Å². The average molecular weight is 524 g/mol. The third-order valence-electron chi connectivity index (χ3n) is 4.97. The highest BCUT2D eigenvalue weighted by Gasteiger charge is 2.32. The molecule has 0 aliphatic carbocycles. The number of piperidine rings is 1. The molecule has 2 atom stereocenters. The van der Waals surface area contributed by atoms with Gasteiger partial charge in [0.1, 0.15) is 0 Å². The molecule has 156 valence electrons. The molecule has 29 heavy (non-hydrogen) atoms. The summed E-state index contributed by atoms with van der Waals surface area (Å²) in [4.78, 5) is 14.3. The van der Waals surface area contributed by atoms with Crippen molar-refractivity contribution in [2.45, 2.75) is 44.8 Å². The minimum absolute atomic E-state index is 0.165. The van der Waals surface area contributed by atoms with Gasteiger partial charge in [-0.05, 0) is 59.9 Å². The maximum atomic E-state index is 12.4. The van der Waals surface area contributed by atoms with Crippen LogP contribution in [0.5, 0.6) is 0 Å². The second kappa shape index (κ2) is 13.7. The molecule has 0 radical (unpaired) electrons. The largest absolute Gasteiger partial charge is 0.450 e. The van der Waals surface area contributed by atoms with Gasteiger partial charge in [-0.3, -0.25) is 0 Å². The minimum atomic E-state index is -0.185. The van der Waals surface area contributed by atoms with Gasteiger partial charge in [0.15, 0.2) is 0 Å². The SMILES string of the molecule is CCOC(=O)N1CC[C@H](NCc2ccccc2)C[C@@H]1Cc1ccccc1.S=CI. The number of ether oxygens (including phenoxy) is 1. The molecular weight excluding hydrogens is 495 g/mol. The Morgan fingerprint density at radius 2 is 1.76 bits per heavy atom. The molecule has 6 heteroatoms. The first-order valence-corrected chi connectivity index (χ1v) is 11.7. The lowest BCUT2D eigenvalue weighted by atomic mass is 9.92. The van der Waals surface area contributed by atoms with Crippen molar-refractivity contribution >= 4 is 44.3 Å². The number of nitrogens with zero attached hydrogens (tertiary/aromatic N) is 1. The highest BCUT2D eigenvalue weighted by Crippen LogP contribution is 2.22. The Hall–Kier alpha value is -1.51. The lowest BCUT2D eigenvalue weighted by molar-refractivity contribution is 0.0695. The van der Waals surface area contributed by atoms with E-state index in [1.807, 2.05) is 46.5 Å². The first kappa shape index (κ1) is 23.8. The van der Waals surface area contributed by atoms with Crippen molar-refractivity contribution in [3.05, 3.63) is 71.8 Å². The number of halogens is 1. The van der Waals surface area contributed by atoms with Crippen molar-refractivity contribution in [1.29, 1.82) is 0 Å². The lowest BCUT2D eigenvalue weighted by Crippen LogP contribution is -2.51. The Morgan fingerprint density at radius 1 is 1.17 bits per heavy atom. The monoisotopic (exact) mass is 524 g/mol. The van der Waals surface area contributed by atoms with Crippen LogP contribution in [-0.4, -0.2) is 39.6 Å². The van der Waals surface area contributed by atoms with Crippen LogP contribution in [0.15, 0.2) is 60.7 Å². The summed E-state index contributed by atoms with van der Waals surface area (Å²) in [6, 6.07) is 21.4. The fourth-order valence-corrected chi connectivity index (χ4v) is 3.62. The summed E-state index contributed by atoms with van der Waals surface area (Å²) in [6.07, 6.45) is 2.58. The lowest BCUT2D eigenvalue weighted by Gasteiger charge is -2.39. The van der Waals surface area contributed by atoms with Crippen LogP contribution >= 0.6 is 34.8 Å². The number of benzene rings is 2. The van der Waals surface area contributed by atoms with E-state index < -0.39 is 0 Å². The van der Waals surface area contributed by atoms with Crippen LogP contribution in [0, 0.1) is 0 Å². The highest BCUT2D eigenvalue weighted by atomic mass is 127. The van der Waals surface area contributed by atoms with Gasteiger partial charge in [-0.25, -0.2) is 4.79 Å². The van der Waals surface area contributed by atoms with Crippen molar-refractivity contribution in [3.63, 3.8) is 0 Å². The predicted octanol–water partition coefficient (Wildman–Crippen LogP) is 5.39. The molecular formula is C23H29IN2O2S. The maximum absolute atomic E-state index is 12.4. The van der Waals surface area contributed by atoms with Gasteiger partial charge in [-0.15, -0.1) is 0 Å². The summed E-state index contributed by atoms with van der Waals surface area (Å²) in [5.74, 6) is 0. The Bertz CT molecular complexity index is 730. The molecule has 1 aliphatic heterocycles. The van der Waals surface area contributed by atoms with Gasteiger partial charge in [0.05, 0.1) is 6.61 Å². The standard InChI is InChI=1S/C22H28N2O2.CHIS/c1-2-26-22(25)24-14-13-20(23-17-19-11-7-4-8-12-19)16-21(24)15-18-9-5-3-6-10-18;2-1-3/h3-12,20-21,23H,2,13-17H2,1H3;1H/t20-,21-;/m0./s1. The summed E-state index contributed by atoms with van der Waals surface area (Å²) in [5.41, 5.74) is 2.55. The van der Waals surface area contributed by atoms with E-state index in [-0.39, 0.29) is 12.1 Å². The third kappa shape index (κ3) is 8.40. The first-order chi connectivity index (χ1) is 14.2. The number of nitrogens with one attached hydrogen (secondary N) is 1. The third-order valence-corrected chi connectivity index (χ3v) is 4.97. The van der Waals surface area contributed by atoms with Crippen LogP contribution in [-0.2, 0) is 17.7 Å². The van der Waals surface area contributed by atoms with Gasteiger partial charge in [-0.2, -0.15) is 0 Å². The molecule has 1 N–H and O–H groups in total. The molecule has 0 aromatic heterocycles. The van der Waals surface area contributed by atoms with Crippen molar-refractivity contribution < 1.29 is 9.53 Å². The summed E-state index contributed by atoms with van der Waals surface area (Å²) >= 11 is 6.23. The first-order valence-electron chi connectivity index (χ1n) is 9.96. The van der Waals surface area contributed by atoms with E-state index in [4.69, 9.17) is 4.74 Å². The molecule has 2 aromatic rings. The van der Waals surface area contributed by atoms with Gasteiger partial charge in [0.25, 0.3) is 0 Å². The number of hydrogen-bond acceptors (Lipinski definition) is 4. The van der Waals surface area contributed by atoms with E-state index in [1.165, 1.54) is 11.1 Å². The summed E-state index contributed by atoms with van der Waals surface area (Å²) in [6.45, 7) is 3.88. The summed E-state index contributed by atoms with van der Waals surface area (Å²) in [7, 11) is 0. The van der Waals surface area contributed by atoms with E-state index >= 15 is 0 Å². The topological polar surface area (TPSA) is 41.6 Å². The van der Waals surface area contributed by atoms with E-state index in [2.05, 4.69) is 66.1 Å². The molecule has 1 amide bonds. The molecule has 1 saturated heterocycles. The molecule has 0 bridgehead atoms. The maximum Gasteiger partial charge on any atom is 0.410 e. The van der Waals surface area contributed by atoms with Crippen molar-refractivity contribution in [2.75, 3.05) is 13.2 Å². The zero-order valence-electron chi connectivity index (χ0n) is 16.8. The number of carbonyl (C=O) groups is 1. The molecule has 0 saturated carbocycles. The Morgan fingerprint density at radius 3 is 2.34 bits per heavy atom. The van der Waals surface area contributed by atoms with Gasteiger partial charge in [0, 0.05) is 28.5 Å². The Kier molecular flexibility index (Phi) is 11.2. The number of amides is 1. The second-order valence-electron chi connectivity index (χ2n) is 6.91. The van der Waals surface area contributed by atoms with Crippen molar-refractivity contribution in [1.82, 2.24) is 10.2 Å². The number of thiocarbonyl (C=S) groups is 1. The van der Waals surface area contributed by atoms with Crippen LogP contribution in [0.3, 0.4) is 0 Å². The minimum Gasteiger partial charge on any atom is -0.450 e. The molecule has 1 fully saturated rings. The molecule has 1 heterocycles. The van der Waals surface area contributed by atoms with Crippen LogP contribution in [0.1, 0.15) is 30.9 Å². The van der Waals surface area contributed by atoms with Crippen LogP contribution in [0.2, 0.25) is 0 Å². The summed E-state index contributed by atoms with van der Waals surface area (Å²) in [5, 5.41) is 3.67. The molecule has 1 aliphatic rings. The fourth-order valence-electron chi connectivity index (χ4n) is 3.62. The van der Waals surface area contributed by atoms with Gasteiger partial charge in [0.2, 0.25) is 0 Å². The smallest absolute Gasteiger partial charge is 0.410 e. The zero-order chi connectivity index (χ0) is 20.9.